The first kappa shape index (κ1) is 11.5. The highest BCUT2D eigenvalue weighted by molar-refractivity contribution is 9.10. The van der Waals surface area contributed by atoms with E-state index in [1.165, 1.54) is 0 Å². The van der Waals surface area contributed by atoms with E-state index in [1.54, 1.807) is 4.68 Å². The van der Waals surface area contributed by atoms with Crippen LogP contribution in [0.25, 0.3) is 11.3 Å². The average molecular weight is 301 g/mol. The molecule has 1 heterocycles. The van der Waals surface area contributed by atoms with E-state index in [1.807, 2.05) is 32.2 Å². The second kappa shape index (κ2) is 4.11. The summed E-state index contributed by atoms with van der Waals surface area (Å²) in [5, 5.41) is 5.05. The Morgan fingerprint density at radius 1 is 1.38 bits per heavy atom. The van der Waals surface area contributed by atoms with Crippen LogP contribution in [0, 0.1) is 6.92 Å². The fraction of sp³-hybridized carbons (Fsp3) is 0.182. The van der Waals surface area contributed by atoms with Crippen molar-refractivity contribution in [1.29, 1.82) is 0 Å². The van der Waals surface area contributed by atoms with Gasteiger partial charge in [-0.2, -0.15) is 5.10 Å². The van der Waals surface area contributed by atoms with Crippen LogP contribution in [0.1, 0.15) is 5.56 Å². The number of hydrogen-bond donors (Lipinski definition) is 1. The molecule has 0 atom stereocenters. The molecule has 0 saturated heterocycles. The quantitative estimate of drug-likeness (QED) is 0.877. The highest BCUT2D eigenvalue weighted by Gasteiger charge is 2.12. The molecule has 2 rings (SSSR count). The molecule has 1 aromatic carbocycles. The van der Waals surface area contributed by atoms with Gasteiger partial charge in [0.1, 0.15) is 5.82 Å². The highest BCUT2D eigenvalue weighted by atomic mass is 79.9. The molecule has 0 fully saturated rings. The summed E-state index contributed by atoms with van der Waals surface area (Å²) in [5.41, 5.74) is 8.67. The van der Waals surface area contributed by atoms with Crippen molar-refractivity contribution in [3.8, 4) is 11.3 Å². The van der Waals surface area contributed by atoms with E-state index in [-0.39, 0.29) is 0 Å². The standard InChI is InChI=1S/C11H11BrClN3/c1-6-10(15-16(2)11(6)14)7-3-8(12)5-9(13)4-7/h3-5H,14H2,1-2H3. The molecule has 0 aliphatic rings. The molecule has 0 amide bonds. The number of nitrogens with two attached hydrogens (primary N) is 1. The summed E-state index contributed by atoms with van der Waals surface area (Å²) in [7, 11) is 1.82. The van der Waals surface area contributed by atoms with Gasteiger partial charge in [-0.3, -0.25) is 4.68 Å². The summed E-state index contributed by atoms with van der Waals surface area (Å²) >= 11 is 9.41. The maximum Gasteiger partial charge on any atom is 0.124 e. The van der Waals surface area contributed by atoms with Crippen molar-refractivity contribution in [3.05, 3.63) is 33.3 Å². The van der Waals surface area contributed by atoms with Crippen molar-refractivity contribution in [2.45, 2.75) is 6.92 Å². The van der Waals surface area contributed by atoms with Crippen LogP contribution in [0.3, 0.4) is 0 Å². The van der Waals surface area contributed by atoms with Crippen molar-refractivity contribution in [2.75, 3.05) is 5.73 Å². The summed E-state index contributed by atoms with van der Waals surface area (Å²) in [4.78, 5) is 0. The molecule has 16 heavy (non-hydrogen) atoms. The minimum absolute atomic E-state index is 0.672. The van der Waals surface area contributed by atoms with E-state index < -0.39 is 0 Å². The minimum Gasteiger partial charge on any atom is -0.384 e. The largest absolute Gasteiger partial charge is 0.384 e. The maximum atomic E-state index is 6.00. The molecule has 0 unspecified atom stereocenters. The van der Waals surface area contributed by atoms with Gasteiger partial charge in [0.2, 0.25) is 0 Å². The van der Waals surface area contributed by atoms with Crippen LogP contribution >= 0.6 is 27.5 Å². The van der Waals surface area contributed by atoms with Gasteiger partial charge in [-0.1, -0.05) is 27.5 Å². The van der Waals surface area contributed by atoms with Gasteiger partial charge in [0.25, 0.3) is 0 Å². The monoisotopic (exact) mass is 299 g/mol. The van der Waals surface area contributed by atoms with Crippen LogP contribution in [-0.4, -0.2) is 9.78 Å². The van der Waals surface area contributed by atoms with Gasteiger partial charge in [-0.25, -0.2) is 0 Å². The molecule has 0 radical (unpaired) electrons. The first-order valence-electron chi connectivity index (χ1n) is 4.74. The first-order valence-corrected chi connectivity index (χ1v) is 5.91. The van der Waals surface area contributed by atoms with Crippen LogP contribution in [0.4, 0.5) is 5.82 Å². The van der Waals surface area contributed by atoms with Gasteiger partial charge < -0.3 is 5.73 Å². The zero-order valence-corrected chi connectivity index (χ0v) is 11.3. The Bertz CT molecular complexity index is 528. The number of rotatable bonds is 1. The second-order valence-electron chi connectivity index (χ2n) is 3.64. The van der Waals surface area contributed by atoms with Gasteiger partial charge in [-0.05, 0) is 25.1 Å². The van der Waals surface area contributed by atoms with E-state index in [4.69, 9.17) is 17.3 Å². The number of anilines is 1. The Morgan fingerprint density at radius 2 is 2.06 bits per heavy atom. The molecule has 0 aliphatic carbocycles. The predicted molar refractivity (Wildman–Crippen MR) is 70.5 cm³/mol. The molecule has 0 spiro atoms. The lowest BCUT2D eigenvalue weighted by molar-refractivity contribution is 0.782. The molecule has 5 heteroatoms. The first-order chi connectivity index (χ1) is 7.49. The number of benzene rings is 1. The van der Waals surface area contributed by atoms with Crippen LogP contribution in [0.2, 0.25) is 5.02 Å². The fourth-order valence-electron chi connectivity index (χ4n) is 1.61. The van der Waals surface area contributed by atoms with Crippen LogP contribution < -0.4 is 5.73 Å². The van der Waals surface area contributed by atoms with Crippen molar-refractivity contribution in [2.24, 2.45) is 7.05 Å². The molecule has 2 N–H and O–H groups in total. The van der Waals surface area contributed by atoms with Crippen LogP contribution in [0.5, 0.6) is 0 Å². The number of nitrogen functional groups attached to an aromatic ring is 1. The van der Waals surface area contributed by atoms with Gasteiger partial charge in [0.15, 0.2) is 0 Å². The molecule has 84 valence electrons. The average Bonchev–Trinajstić information content (AvgIpc) is 2.44. The zero-order valence-electron chi connectivity index (χ0n) is 8.96. The van der Waals surface area contributed by atoms with E-state index in [0.717, 1.165) is 21.3 Å². The van der Waals surface area contributed by atoms with E-state index in [0.29, 0.717) is 10.8 Å². The lowest BCUT2D eigenvalue weighted by Gasteiger charge is -2.01. The molecule has 0 aliphatic heterocycles. The SMILES string of the molecule is Cc1c(-c2cc(Cl)cc(Br)c2)nn(C)c1N. The number of hydrogen-bond acceptors (Lipinski definition) is 2. The minimum atomic E-state index is 0.672. The number of halogens is 2. The number of aryl methyl sites for hydroxylation is 1. The van der Waals surface area contributed by atoms with Crippen molar-refractivity contribution in [1.82, 2.24) is 9.78 Å². The molecule has 0 saturated carbocycles. The normalized spacial score (nSPS) is 10.8. The summed E-state index contributed by atoms with van der Waals surface area (Å²) in [6.07, 6.45) is 0. The maximum absolute atomic E-state index is 6.00. The van der Waals surface area contributed by atoms with Crippen molar-refractivity contribution < 1.29 is 0 Å². The third-order valence-corrected chi connectivity index (χ3v) is 3.15. The topological polar surface area (TPSA) is 43.8 Å². The fourth-order valence-corrected chi connectivity index (χ4v) is 2.47. The zero-order chi connectivity index (χ0) is 11.9. The van der Waals surface area contributed by atoms with Crippen LogP contribution in [0.15, 0.2) is 22.7 Å². The van der Waals surface area contributed by atoms with Crippen LogP contribution in [-0.2, 0) is 7.05 Å². The Kier molecular flexibility index (Phi) is 2.95. The second-order valence-corrected chi connectivity index (χ2v) is 4.99. The Balaban J connectivity index is 2.62. The lowest BCUT2D eigenvalue weighted by Crippen LogP contribution is -1.97. The van der Waals surface area contributed by atoms with Gasteiger partial charge in [0, 0.05) is 27.7 Å². The third kappa shape index (κ3) is 1.95. The Morgan fingerprint density at radius 3 is 2.56 bits per heavy atom. The van der Waals surface area contributed by atoms with E-state index >= 15 is 0 Å². The van der Waals surface area contributed by atoms with E-state index in [9.17, 15) is 0 Å². The van der Waals surface area contributed by atoms with Gasteiger partial charge in [0.05, 0.1) is 5.69 Å². The van der Waals surface area contributed by atoms with Crippen molar-refractivity contribution >= 4 is 33.3 Å². The van der Waals surface area contributed by atoms with Crippen molar-refractivity contribution in [3.63, 3.8) is 0 Å². The smallest absolute Gasteiger partial charge is 0.124 e. The Hall–Kier alpha value is -1.00. The summed E-state index contributed by atoms with van der Waals surface area (Å²) < 4.78 is 2.60. The molecule has 1 aromatic heterocycles. The highest BCUT2D eigenvalue weighted by Crippen LogP contribution is 2.30. The summed E-state index contributed by atoms with van der Waals surface area (Å²) in [6.45, 7) is 1.95. The molecular formula is C11H11BrClN3. The third-order valence-electron chi connectivity index (χ3n) is 2.47. The molecule has 0 bridgehead atoms. The molecule has 2 aromatic rings. The molecule has 3 nitrogen and oxygen atoms in total. The summed E-state index contributed by atoms with van der Waals surface area (Å²) in [5.74, 6) is 0.672. The predicted octanol–water partition coefficient (Wildman–Crippen LogP) is 3.39. The van der Waals surface area contributed by atoms with Gasteiger partial charge >= 0.3 is 0 Å². The van der Waals surface area contributed by atoms with E-state index in [2.05, 4.69) is 21.0 Å². The number of nitrogens with zero attached hydrogens (tertiary/aromatic N) is 2. The Labute approximate surface area is 107 Å². The molecular weight excluding hydrogens is 289 g/mol. The van der Waals surface area contributed by atoms with Gasteiger partial charge in [-0.15, -0.1) is 0 Å². The summed E-state index contributed by atoms with van der Waals surface area (Å²) in [6, 6.07) is 5.69. The number of aromatic nitrogens is 2. The lowest BCUT2D eigenvalue weighted by atomic mass is 10.1.